The highest BCUT2D eigenvalue weighted by molar-refractivity contribution is 5.73. The Balaban J connectivity index is 2.03. The molecule has 2 saturated heterocycles. The van der Waals surface area contributed by atoms with E-state index in [-0.39, 0.29) is 6.04 Å². The molecule has 0 aromatic heterocycles. The molecule has 0 aliphatic carbocycles. The van der Waals surface area contributed by atoms with Crippen molar-refractivity contribution < 1.29 is 9.90 Å². The van der Waals surface area contributed by atoms with Crippen molar-refractivity contribution in [3.05, 3.63) is 0 Å². The maximum atomic E-state index is 11.2. The largest absolute Gasteiger partial charge is 0.480 e. The molecule has 0 aromatic carbocycles. The summed E-state index contributed by atoms with van der Waals surface area (Å²) in [5, 5.41) is 9.20. The van der Waals surface area contributed by atoms with Gasteiger partial charge in [0.05, 0.1) is 0 Å². The highest BCUT2D eigenvalue weighted by atomic mass is 16.4. The molecule has 4 heteroatoms. The van der Waals surface area contributed by atoms with Gasteiger partial charge < -0.3 is 10.0 Å². The number of piperidine rings is 1. The van der Waals surface area contributed by atoms with Crippen molar-refractivity contribution >= 4 is 5.97 Å². The molecule has 0 amide bonds. The zero-order chi connectivity index (χ0) is 11.7. The molecule has 0 bridgehead atoms. The van der Waals surface area contributed by atoms with Crippen LogP contribution in [0.1, 0.15) is 26.2 Å². The molecule has 2 aliphatic rings. The van der Waals surface area contributed by atoms with E-state index in [9.17, 15) is 9.90 Å². The molecule has 0 aromatic rings. The number of nitrogens with zero attached hydrogens (tertiary/aromatic N) is 2. The molecule has 0 radical (unpaired) electrons. The first kappa shape index (κ1) is 11.9. The summed E-state index contributed by atoms with van der Waals surface area (Å²) in [6.45, 7) is 5.40. The fraction of sp³-hybridized carbons (Fsp3) is 0.917. The van der Waals surface area contributed by atoms with Crippen LogP contribution in [-0.4, -0.2) is 59.6 Å². The van der Waals surface area contributed by atoms with Gasteiger partial charge in [0.1, 0.15) is 6.04 Å². The Morgan fingerprint density at radius 3 is 2.69 bits per heavy atom. The Labute approximate surface area is 97.2 Å². The van der Waals surface area contributed by atoms with E-state index in [2.05, 4.69) is 23.8 Å². The van der Waals surface area contributed by atoms with Gasteiger partial charge in [-0.05, 0) is 45.3 Å². The van der Waals surface area contributed by atoms with Gasteiger partial charge in [0.15, 0.2) is 0 Å². The Bertz CT molecular complexity index is 270. The predicted octanol–water partition coefficient (Wildman–Crippen LogP) is 0.876. The van der Waals surface area contributed by atoms with Crippen LogP contribution in [0.4, 0.5) is 0 Å². The van der Waals surface area contributed by atoms with E-state index >= 15 is 0 Å². The molecule has 2 fully saturated rings. The highest BCUT2D eigenvalue weighted by Gasteiger charge is 2.38. The lowest BCUT2D eigenvalue weighted by Crippen LogP contribution is -2.52. The Kier molecular flexibility index (Phi) is 3.50. The number of hydrogen-bond donors (Lipinski definition) is 1. The molecule has 92 valence electrons. The minimum Gasteiger partial charge on any atom is -0.480 e. The lowest BCUT2D eigenvalue weighted by Gasteiger charge is -2.41. The third-order valence-corrected chi connectivity index (χ3v) is 4.07. The van der Waals surface area contributed by atoms with E-state index in [1.807, 2.05) is 0 Å². The van der Waals surface area contributed by atoms with Gasteiger partial charge in [-0.15, -0.1) is 0 Å². The summed E-state index contributed by atoms with van der Waals surface area (Å²) in [6, 6.07) is 0.246. The SMILES string of the molecule is CC1CN(C)CCC1N1CCC[C@H]1C(=O)O. The molecule has 4 nitrogen and oxygen atoms in total. The van der Waals surface area contributed by atoms with Crippen LogP contribution in [0.5, 0.6) is 0 Å². The van der Waals surface area contributed by atoms with E-state index in [0.717, 1.165) is 38.9 Å². The average Bonchev–Trinajstić information content (AvgIpc) is 2.66. The van der Waals surface area contributed by atoms with Crippen molar-refractivity contribution in [3.63, 3.8) is 0 Å². The topological polar surface area (TPSA) is 43.8 Å². The van der Waals surface area contributed by atoms with Crippen molar-refractivity contribution in [2.24, 2.45) is 5.92 Å². The summed E-state index contributed by atoms with van der Waals surface area (Å²) >= 11 is 0. The summed E-state index contributed by atoms with van der Waals surface area (Å²) in [7, 11) is 2.14. The fourth-order valence-electron chi connectivity index (χ4n) is 3.29. The quantitative estimate of drug-likeness (QED) is 0.759. The van der Waals surface area contributed by atoms with Crippen LogP contribution >= 0.6 is 0 Å². The number of carbonyl (C=O) groups is 1. The lowest BCUT2D eigenvalue weighted by molar-refractivity contribution is -0.143. The molecule has 2 heterocycles. The molecule has 0 saturated carbocycles. The van der Waals surface area contributed by atoms with Gasteiger partial charge in [-0.2, -0.15) is 0 Å². The number of hydrogen-bond acceptors (Lipinski definition) is 3. The number of carboxylic acid groups (broad SMARTS) is 1. The predicted molar refractivity (Wildman–Crippen MR) is 62.4 cm³/mol. The monoisotopic (exact) mass is 226 g/mol. The molecular formula is C12H22N2O2. The van der Waals surface area contributed by atoms with Crippen LogP contribution in [0.3, 0.4) is 0 Å². The maximum Gasteiger partial charge on any atom is 0.320 e. The maximum absolute atomic E-state index is 11.2. The zero-order valence-corrected chi connectivity index (χ0v) is 10.2. The number of likely N-dealkylation sites (tertiary alicyclic amines) is 2. The first-order chi connectivity index (χ1) is 7.59. The second kappa shape index (κ2) is 4.72. The summed E-state index contributed by atoms with van der Waals surface area (Å²) in [6.07, 6.45) is 2.98. The minimum atomic E-state index is -0.636. The van der Waals surface area contributed by atoms with E-state index in [4.69, 9.17) is 0 Å². The van der Waals surface area contributed by atoms with Crippen molar-refractivity contribution in [1.82, 2.24) is 9.80 Å². The number of carboxylic acids is 1. The van der Waals surface area contributed by atoms with Crippen LogP contribution in [0.25, 0.3) is 0 Å². The van der Waals surface area contributed by atoms with Gasteiger partial charge >= 0.3 is 5.97 Å². The molecular weight excluding hydrogens is 204 g/mol. The molecule has 2 aliphatic heterocycles. The molecule has 3 atom stereocenters. The average molecular weight is 226 g/mol. The second-order valence-corrected chi connectivity index (χ2v) is 5.33. The summed E-state index contributed by atoms with van der Waals surface area (Å²) < 4.78 is 0. The Morgan fingerprint density at radius 1 is 1.31 bits per heavy atom. The van der Waals surface area contributed by atoms with Crippen LogP contribution in [0.2, 0.25) is 0 Å². The van der Waals surface area contributed by atoms with Gasteiger partial charge in [-0.1, -0.05) is 6.92 Å². The molecule has 16 heavy (non-hydrogen) atoms. The van der Waals surface area contributed by atoms with Crippen molar-refractivity contribution in [2.75, 3.05) is 26.7 Å². The van der Waals surface area contributed by atoms with Gasteiger partial charge in [0.2, 0.25) is 0 Å². The van der Waals surface area contributed by atoms with E-state index in [0.29, 0.717) is 12.0 Å². The third-order valence-electron chi connectivity index (χ3n) is 4.07. The van der Waals surface area contributed by atoms with Crippen molar-refractivity contribution in [1.29, 1.82) is 0 Å². The standard InChI is InChI=1S/C12H22N2O2/c1-9-8-13(2)7-5-10(9)14-6-3-4-11(14)12(15)16/h9-11H,3-8H2,1-2H3,(H,15,16)/t9?,10?,11-/m0/s1. The minimum absolute atomic E-state index is 0.226. The van der Waals surface area contributed by atoms with Crippen LogP contribution in [0, 0.1) is 5.92 Å². The molecule has 2 rings (SSSR count). The van der Waals surface area contributed by atoms with Gasteiger partial charge in [-0.25, -0.2) is 0 Å². The first-order valence-electron chi connectivity index (χ1n) is 6.26. The Hall–Kier alpha value is -0.610. The van der Waals surface area contributed by atoms with Crippen molar-refractivity contribution in [2.45, 2.75) is 38.3 Å². The van der Waals surface area contributed by atoms with Crippen LogP contribution in [0.15, 0.2) is 0 Å². The smallest absolute Gasteiger partial charge is 0.320 e. The summed E-state index contributed by atoms with van der Waals surface area (Å²) in [4.78, 5) is 15.7. The van der Waals surface area contributed by atoms with E-state index in [1.165, 1.54) is 0 Å². The fourth-order valence-corrected chi connectivity index (χ4v) is 3.29. The summed E-state index contributed by atoms with van der Waals surface area (Å²) in [5.41, 5.74) is 0. The third kappa shape index (κ3) is 2.23. The second-order valence-electron chi connectivity index (χ2n) is 5.33. The van der Waals surface area contributed by atoms with Gasteiger partial charge in [0, 0.05) is 12.6 Å². The van der Waals surface area contributed by atoms with Gasteiger partial charge in [-0.3, -0.25) is 9.69 Å². The van der Waals surface area contributed by atoms with E-state index in [1.54, 1.807) is 0 Å². The molecule has 0 spiro atoms. The van der Waals surface area contributed by atoms with Crippen LogP contribution < -0.4 is 0 Å². The van der Waals surface area contributed by atoms with Crippen LogP contribution in [-0.2, 0) is 4.79 Å². The number of aliphatic carboxylic acids is 1. The Morgan fingerprint density at radius 2 is 2.06 bits per heavy atom. The van der Waals surface area contributed by atoms with E-state index < -0.39 is 5.97 Å². The zero-order valence-electron chi connectivity index (χ0n) is 10.2. The summed E-state index contributed by atoms with van der Waals surface area (Å²) in [5.74, 6) is -0.0534. The normalized spacial score (nSPS) is 37.8. The number of rotatable bonds is 2. The van der Waals surface area contributed by atoms with Gasteiger partial charge in [0.25, 0.3) is 0 Å². The lowest BCUT2D eigenvalue weighted by atomic mass is 9.92. The molecule has 2 unspecified atom stereocenters. The molecule has 1 N–H and O–H groups in total. The highest BCUT2D eigenvalue weighted by Crippen LogP contribution is 2.28. The van der Waals surface area contributed by atoms with Crippen molar-refractivity contribution in [3.8, 4) is 0 Å². The first-order valence-corrected chi connectivity index (χ1v) is 6.26.